The van der Waals surface area contributed by atoms with E-state index >= 15 is 0 Å². The number of furan rings is 1. The monoisotopic (exact) mass is 291 g/mol. The van der Waals surface area contributed by atoms with Gasteiger partial charge in [0.15, 0.2) is 17.1 Å². The van der Waals surface area contributed by atoms with E-state index in [2.05, 4.69) is 5.32 Å². The Labute approximate surface area is 123 Å². The summed E-state index contributed by atoms with van der Waals surface area (Å²) in [5.41, 5.74) is -0.417. The second kappa shape index (κ2) is 5.77. The molecule has 114 valence electrons. The quantitative estimate of drug-likeness (QED) is 0.888. The lowest BCUT2D eigenvalue weighted by Gasteiger charge is -2.27. The van der Waals surface area contributed by atoms with E-state index in [1.54, 1.807) is 26.2 Å². The molecule has 5 nitrogen and oxygen atoms in total. The van der Waals surface area contributed by atoms with Crippen molar-refractivity contribution < 1.29 is 19.1 Å². The molecule has 2 rings (SSSR count). The Balaban J connectivity index is 2.17. The van der Waals surface area contributed by atoms with Crippen molar-refractivity contribution >= 4 is 16.9 Å². The van der Waals surface area contributed by atoms with Gasteiger partial charge in [-0.25, -0.2) is 0 Å². The molecule has 0 spiro atoms. The lowest BCUT2D eigenvalue weighted by molar-refractivity contribution is 0.0140. The van der Waals surface area contributed by atoms with Gasteiger partial charge in [-0.2, -0.15) is 0 Å². The molecule has 0 saturated heterocycles. The normalized spacial score (nSPS) is 14.2. The Morgan fingerprint density at radius 2 is 2.19 bits per heavy atom. The zero-order valence-electron chi connectivity index (χ0n) is 12.8. The molecule has 0 aliphatic heterocycles. The SMILES string of the molecule is COc1cccc2cc(C(=O)NCC(C)(O)C(C)C)oc12. The number of ether oxygens (including phenoxy) is 1. The first kappa shape index (κ1) is 15.4. The lowest BCUT2D eigenvalue weighted by atomic mass is 9.92. The maximum Gasteiger partial charge on any atom is 0.287 e. The van der Waals surface area contributed by atoms with E-state index in [-0.39, 0.29) is 24.1 Å². The van der Waals surface area contributed by atoms with E-state index in [4.69, 9.17) is 9.15 Å². The Hall–Kier alpha value is -2.01. The molecule has 1 aromatic heterocycles. The minimum absolute atomic E-state index is 0.0357. The van der Waals surface area contributed by atoms with Crippen LogP contribution >= 0.6 is 0 Å². The summed E-state index contributed by atoms with van der Waals surface area (Å²) in [5, 5.41) is 13.6. The van der Waals surface area contributed by atoms with Gasteiger partial charge in [-0.15, -0.1) is 0 Å². The molecule has 1 atom stereocenters. The maximum atomic E-state index is 12.1. The van der Waals surface area contributed by atoms with Crippen LogP contribution in [-0.4, -0.2) is 30.3 Å². The van der Waals surface area contributed by atoms with E-state index in [0.717, 1.165) is 5.39 Å². The van der Waals surface area contributed by atoms with E-state index in [1.807, 2.05) is 26.0 Å². The van der Waals surface area contributed by atoms with Crippen LogP contribution in [0.1, 0.15) is 31.3 Å². The molecule has 5 heteroatoms. The summed E-state index contributed by atoms with van der Waals surface area (Å²) in [4.78, 5) is 12.1. The van der Waals surface area contributed by atoms with Gasteiger partial charge in [0.25, 0.3) is 5.91 Å². The van der Waals surface area contributed by atoms with Gasteiger partial charge in [-0.3, -0.25) is 4.79 Å². The van der Waals surface area contributed by atoms with Gasteiger partial charge in [0.05, 0.1) is 12.7 Å². The first-order valence-electron chi connectivity index (χ1n) is 6.92. The van der Waals surface area contributed by atoms with Crippen LogP contribution in [0.3, 0.4) is 0 Å². The number of carbonyl (C=O) groups excluding carboxylic acids is 1. The number of hydrogen-bond acceptors (Lipinski definition) is 4. The summed E-state index contributed by atoms with van der Waals surface area (Å²) in [5.74, 6) is 0.470. The average molecular weight is 291 g/mol. The Bertz CT molecular complexity index is 643. The molecule has 0 aliphatic rings. The molecule has 0 radical (unpaired) electrons. The molecular formula is C16H21NO4. The molecule has 0 bridgehead atoms. The summed E-state index contributed by atoms with van der Waals surface area (Å²) >= 11 is 0. The van der Waals surface area contributed by atoms with Gasteiger partial charge in [-0.05, 0) is 25.0 Å². The second-order valence-corrected chi connectivity index (χ2v) is 5.68. The summed E-state index contributed by atoms with van der Waals surface area (Å²) in [6.45, 7) is 5.66. The maximum absolute atomic E-state index is 12.1. The summed E-state index contributed by atoms with van der Waals surface area (Å²) in [7, 11) is 1.55. The first-order valence-corrected chi connectivity index (χ1v) is 6.92. The van der Waals surface area contributed by atoms with E-state index in [0.29, 0.717) is 11.3 Å². The van der Waals surface area contributed by atoms with Crippen molar-refractivity contribution in [3.05, 3.63) is 30.0 Å². The number of nitrogens with one attached hydrogen (secondary N) is 1. The van der Waals surface area contributed by atoms with Crippen LogP contribution in [-0.2, 0) is 0 Å². The largest absolute Gasteiger partial charge is 0.493 e. The van der Waals surface area contributed by atoms with Crippen molar-refractivity contribution in [1.82, 2.24) is 5.32 Å². The van der Waals surface area contributed by atoms with Gasteiger partial charge in [-0.1, -0.05) is 26.0 Å². The summed E-state index contributed by atoms with van der Waals surface area (Å²) in [6.07, 6.45) is 0. The standard InChI is InChI=1S/C16H21NO4/c1-10(2)16(3,19)9-17-15(18)13-8-11-6-5-7-12(20-4)14(11)21-13/h5-8,10,19H,9H2,1-4H3,(H,17,18). The van der Waals surface area contributed by atoms with Crippen molar-refractivity contribution in [2.24, 2.45) is 5.92 Å². The summed E-state index contributed by atoms with van der Waals surface area (Å²) in [6, 6.07) is 7.12. The van der Waals surface area contributed by atoms with Gasteiger partial charge in [0.2, 0.25) is 0 Å². The van der Waals surface area contributed by atoms with Gasteiger partial charge in [0.1, 0.15) is 0 Å². The zero-order valence-corrected chi connectivity index (χ0v) is 12.8. The molecule has 1 amide bonds. The van der Waals surface area contributed by atoms with Crippen LogP contribution in [0.2, 0.25) is 0 Å². The highest BCUT2D eigenvalue weighted by molar-refractivity contribution is 5.97. The third-order valence-corrected chi connectivity index (χ3v) is 3.80. The van der Waals surface area contributed by atoms with Gasteiger partial charge in [0, 0.05) is 11.9 Å². The molecule has 0 fully saturated rings. The van der Waals surface area contributed by atoms with Crippen molar-refractivity contribution in [2.75, 3.05) is 13.7 Å². The lowest BCUT2D eigenvalue weighted by Crippen LogP contribution is -2.44. The fraction of sp³-hybridized carbons (Fsp3) is 0.438. The minimum Gasteiger partial charge on any atom is -0.493 e. The fourth-order valence-corrected chi connectivity index (χ4v) is 1.86. The Morgan fingerprint density at radius 1 is 1.48 bits per heavy atom. The van der Waals surface area contributed by atoms with Crippen molar-refractivity contribution in [3.8, 4) is 5.75 Å². The predicted molar refractivity (Wildman–Crippen MR) is 80.6 cm³/mol. The zero-order chi connectivity index (χ0) is 15.6. The van der Waals surface area contributed by atoms with Gasteiger partial charge < -0.3 is 19.6 Å². The van der Waals surface area contributed by atoms with Crippen LogP contribution in [0.25, 0.3) is 11.0 Å². The van der Waals surface area contributed by atoms with E-state index in [1.165, 1.54) is 0 Å². The molecule has 1 heterocycles. The summed E-state index contributed by atoms with van der Waals surface area (Å²) < 4.78 is 10.8. The van der Waals surface area contributed by atoms with E-state index < -0.39 is 5.60 Å². The molecule has 1 aromatic carbocycles. The van der Waals surface area contributed by atoms with Crippen molar-refractivity contribution in [2.45, 2.75) is 26.4 Å². The first-order chi connectivity index (χ1) is 9.85. The number of carbonyl (C=O) groups is 1. The number of rotatable bonds is 5. The van der Waals surface area contributed by atoms with Crippen LogP contribution in [0.4, 0.5) is 0 Å². The highest BCUT2D eigenvalue weighted by Gasteiger charge is 2.26. The average Bonchev–Trinajstić information content (AvgIpc) is 2.88. The Morgan fingerprint density at radius 3 is 2.81 bits per heavy atom. The number of amides is 1. The number of methoxy groups -OCH3 is 1. The molecule has 1 unspecified atom stereocenters. The van der Waals surface area contributed by atoms with Gasteiger partial charge >= 0.3 is 0 Å². The number of benzene rings is 1. The molecule has 0 saturated carbocycles. The van der Waals surface area contributed by atoms with Crippen molar-refractivity contribution in [1.29, 1.82) is 0 Å². The topological polar surface area (TPSA) is 71.7 Å². The predicted octanol–water partition coefficient (Wildman–Crippen LogP) is 2.58. The number of hydrogen-bond donors (Lipinski definition) is 2. The highest BCUT2D eigenvalue weighted by Crippen LogP contribution is 2.28. The fourth-order valence-electron chi connectivity index (χ4n) is 1.86. The van der Waals surface area contributed by atoms with Crippen LogP contribution < -0.4 is 10.1 Å². The number of fused-ring (bicyclic) bond motifs is 1. The highest BCUT2D eigenvalue weighted by atomic mass is 16.5. The van der Waals surface area contributed by atoms with Crippen LogP contribution in [0, 0.1) is 5.92 Å². The third kappa shape index (κ3) is 3.19. The number of aliphatic hydroxyl groups is 1. The molecule has 2 N–H and O–H groups in total. The number of para-hydroxylation sites is 1. The molecular weight excluding hydrogens is 270 g/mol. The minimum atomic E-state index is -0.959. The Kier molecular flexibility index (Phi) is 4.23. The van der Waals surface area contributed by atoms with Crippen LogP contribution in [0.15, 0.2) is 28.7 Å². The van der Waals surface area contributed by atoms with Crippen LogP contribution in [0.5, 0.6) is 5.75 Å². The molecule has 21 heavy (non-hydrogen) atoms. The van der Waals surface area contributed by atoms with E-state index in [9.17, 15) is 9.90 Å². The molecule has 0 aliphatic carbocycles. The smallest absolute Gasteiger partial charge is 0.287 e. The third-order valence-electron chi connectivity index (χ3n) is 3.80. The van der Waals surface area contributed by atoms with Crippen molar-refractivity contribution in [3.63, 3.8) is 0 Å². The second-order valence-electron chi connectivity index (χ2n) is 5.68. The molecule has 2 aromatic rings.